The highest BCUT2D eigenvalue weighted by atomic mass is 32.1. The maximum atomic E-state index is 11.6. The summed E-state index contributed by atoms with van der Waals surface area (Å²) in [5, 5.41) is 13.0. The molecule has 0 aromatic carbocycles. The van der Waals surface area contributed by atoms with Crippen LogP contribution < -0.4 is 5.32 Å². The molecule has 1 aromatic rings. The molecule has 1 aliphatic rings. The maximum absolute atomic E-state index is 11.6. The second kappa shape index (κ2) is 3.30. The third kappa shape index (κ3) is 2.15. The van der Waals surface area contributed by atoms with Crippen molar-refractivity contribution in [2.45, 2.75) is 25.3 Å². The largest absolute Gasteiger partial charge is 0.476 e. The number of carboxylic acid groups (broad SMARTS) is 1. The van der Waals surface area contributed by atoms with Crippen LogP contribution in [-0.4, -0.2) is 27.5 Å². The van der Waals surface area contributed by atoms with E-state index < -0.39 is 5.97 Å². The van der Waals surface area contributed by atoms with Gasteiger partial charge in [0.05, 0.1) is 0 Å². The number of aromatic carboxylic acids is 1. The van der Waals surface area contributed by atoms with E-state index in [2.05, 4.69) is 10.3 Å². The van der Waals surface area contributed by atoms with E-state index in [1.807, 2.05) is 6.92 Å². The normalized spacial score (nSPS) is 17.1. The van der Waals surface area contributed by atoms with Crippen molar-refractivity contribution >= 4 is 23.2 Å². The van der Waals surface area contributed by atoms with Crippen molar-refractivity contribution in [2.24, 2.45) is 0 Å². The van der Waals surface area contributed by atoms with E-state index in [4.69, 9.17) is 5.11 Å². The average Bonchev–Trinajstić information content (AvgIpc) is 2.70. The number of hydrogen-bond donors (Lipinski definition) is 2. The molecule has 0 bridgehead atoms. The fourth-order valence-electron chi connectivity index (χ4n) is 1.12. The molecule has 5 nitrogen and oxygen atoms in total. The molecule has 1 amide bonds. The highest BCUT2D eigenvalue weighted by Crippen LogP contribution is 2.34. The molecule has 1 aliphatic carbocycles. The van der Waals surface area contributed by atoms with E-state index in [-0.39, 0.29) is 22.1 Å². The van der Waals surface area contributed by atoms with Gasteiger partial charge in [-0.2, -0.15) is 0 Å². The molecule has 0 aliphatic heterocycles. The van der Waals surface area contributed by atoms with Crippen LogP contribution in [0, 0.1) is 0 Å². The van der Waals surface area contributed by atoms with E-state index in [1.54, 1.807) is 0 Å². The Labute approximate surface area is 90.1 Å². The first-order valence-electron chi connectivity index (χ1n) is 4.51. The number of hydrogen-bond acceptors (Lipinski definition) is 4. The molecule has 1 heterocycles. The number of nitrogens with one attached hydrogen (secondary N) is 1. The van der Waals surface area contributed by atoms with Gasteiger partial charge in [0.1, 0.15) is 0 Å². The SMILES string of the molecule is CC1(NC(=O)c2nc(C(=O)O)cs2)CC1. The van der Waals surface area contributed by atoms with Crippen LogP contribution in [0.1, 0.15) is 40.1 Å². The van der Waals surface area contributed by atoms with Crippen LogP contribution in [0.25, 0.3) is 0 Å². The molecule has 2 N–H and O–H groups in total. The highest BCUT2D eigenvalue weighted by Gasteiger charge is 2.39. The van der Waals surface area contributed by atoms with Crippen LogP contribution in [0.5, 0.6) is 0 Å². The Kier molecular flexibility index (Phi) is 2.22. The third-order valence-electron chi connectivity index (χ3n) is 2.33. The zero-order chi connectivity index (χ0) is 11.1. The summed E-state index contributed by atoms with van der Waals surface area (Å²) >= 11 is 1.05. The molecule has 0 saturated heterocycles. The molecule has 1 saturated carbocycles. The van der Waals surface area contributed by atoms with Crippen molar-refractivity contribution in [3.63, 3.8) is 0 Å². The summed E-state index contributed by atoms with van der Waals surface area (Å²) in [6.07, 6.45) is 1.94. The van der Waals surface area contributed by atoms with Crippen LogP contribution in [0.2, 0.25) is 0 Å². The second-order valence-electron chi connectivity index (χ2n) is 3.86. The Morgan fingerprint density at radius 3 is 2.73 bits per heavy atom. The fourth-order valence-corrected chi connectivity index (χ4v) is 1.80. The standard InChI is InChI=1S/C9H10N2O3S/c1-9(2-3-9)11-6(12)7-10-5(4-15-7)8(13)14/h4H,2-3H2,1H3,(H,11,12)(H,13,14). The molecular weight excluding hydrogens is 216 g/mol. The number of amides is 1. The van der Waals surface area contributed by atoms with Crippen LogP contribution >= 0.6 is 11.3 Å². The zero-order valence-corrected chi connectivity index (χ0v) is 8.93. The second-order valence-corrected chi connectivity index (χ2v) is 4.72. The molecule has 6 heteroatoms. The molecule has 1 aromatic heterocycles. The van der Waals surface area contributed by atoms with Gasteiger partial charge in [0.15, 0.2) is 10.7 Å². The van der Waals surface area contributed by atoms with E-state index >= 15 is 0 Å². The molecule has 0 radical (unpaired) electrons. The zero-order valence-electron chi connectivity index (χ0n) is 8.11. The Morgan fingerprint density at radius 1 is 1.60 bits per heavy atom. The van der Waals surface area contributed by atoms with E-state index in [0.717, 1.165) is 24.2 Å². The summed E-state index contributed by atoms with van der Waals surface area (Å²) in [5.74, 6) is -1.39. The fraction of sp³-hybridized carbons (Fsp3) is 0.444. The first kappa shape index (κ1) is 10.1. The van der Waals surface area contributed by atoms with Gasteiger partial charge in [-0.25, -0.2) is 9.78 Å². The Hall–Kier alpha value is -1.43. The van der Waals surface area contributed by atoms with Gasteiger partial charge in [-0.05, 0) is 19.8 Å². The van der Waals surface area contributed by atoms with Gasteiger partial charge in [0.25, 0.3) is 5.91 Å². The lowest BCUT2D eigenvalue weighted by Gasteiger charge is -2.08. The lowest BCUT2D eigenvalue weighted by molar-refractivity contribution is 0.0691. The molecule has 1 fully saturated rings. The molecule has 80 valence electrons. The number of aromatic nitrogens is 1. The van der Waals surface area contributed by atoms with Crippen LogP contribution in [0.15, 0.2) is 5.38 Å². The molecule has 0 atom stereocenters. The molecule has 15 heavy (non-hydrogen) atoms. The van der Waals surface area contributed by atoms with Crippen LogP contribution in [0.3, 0.4) is 0 Å². The Morgan fingerprint density at radius 2 is 2.27 bits per heavy atom. The predicted octanol–water partition coefficient (Wildman–Crippen LogP) is 1.12. The summed E-state index contributed by atoms with van der Waals surface area (Å²) in [4.78, 5) is 25.9. The molecule has 0 spiro atoms. The third-order valence-corrected chi connectivity index (χ3v) is 3.17. The van der Waals surface area contributed by atoms with Gasteiger partial charge in [-0.3, -0.25) is 4.79 Å². The summed E-state index contributed by atoms with van der Waals surface area (Å²) in [6, 6.07) is 0. The summed E-state index contributed by atoms with van der Waals surface area (Å²) in [7, 11) is 0. The summed E-state index contributed by atoms with van der Waals surface area (Å²) in [5.41, 5.74) is -0.183. The Balaban J connectivity index is 2.08. The van der Waals surface area contributed by atoms with Gasteiger partial charge in [-0.15, -0.1) is 11.3 Å². The van der Waals surface area contributed by atoms with E-state index in [0.29, 0.717) is 0 Å². The van der Waals surface area contributed by atoms with Gasteiger partial charge in [0.2, 0.25) is 0 Å². The first-order chi connectivity index (χ1) is 7.00. The number of rotatable bonds is 3. The molecule has 2 rings (SSSR count). The Bertz CT molecular complexity index is 423. The molecule has 0 unspecified atom stereocenters. The number of nitrogens with zero attached hydrogens (tertiary/aromatic N) is 1. The lowest BCUT2D eigenvalue weighted by atomic mass is 10.3. The number of carboxylic acids is 1. The minimum atomic E-state index is -1.11. The van der Waals surface area contributed by atoms with Gasteiger partial charge in [-0.1, -0.05) is 0 Å². The minimum absolute atomic E-state index is 0.0777. The van der Waals surface area contributed by atoms with Crippen molar-refractivity contribution < 1.29 is 14.7 Å². The highest BCUT2D eigenvalue weighted by molar-refractivity contribution is 7.11. The number of carbonyl (C=O) groups is 2. The van der Waals surface area contributed by atoms with Crippen molar-refractivity contribution in [3.8, 4) is 0 Å². The van der Waals surface area contributed by atoms with Gasteiger partial charge >= 0.3 is 5.97 Å². The first-order valence-corrected chi connectivity index (χ1v) is 5.39. The quantitative estimate of drug-likeness (QED) is 0.809. The number of carbonyl (C=O) groups excluding carboxylic acids is 1. The van der Waals surface area contributed by atoms with E-state index in [9.17, 15) is 9.59 Å². The van der Waals surface area contributed by atoms with Crippen LogP contribution in [-0.2, 0) is 0 Å². The van der Waals surface area contributed by atoms with E-state index in [1.165, 1.54) is 5.38 Å². The predicted molar refractivity (Wildman–Crippen MR) is 54.2 cm³/mol. The molecular formula is C9H10N2O3S. The maximum Gasteiger partial charge on any atom is 0.355 e. The summed E-state index contributed by atoms with van der Waals surface area (Å²) in [6.45, 7) is 1.95. The van der Waals surface area contributed by atoms with Crippen molar-refractivity contribution in [1.82, 2.24) is 10.3 Å². The lowest BCUT2D eigenvalue weighted by Crippen LogP contribution is -2.34. The summed E-state index contributed by atoms with van der Waals surface area (Å²) < 4.78 is 0. The topological polar surface area (TPSA) is 79.3 Å². The minimum Gasteiger partial charge on any atom is -0.476 e. The van der Waals surface area contributed by atoms with Gasteiger partial charge in [0, 0.05) is 10.9 Å². The van der Waals surface area contributed by atoms with Crippen LogP contribution in [0.4, 0.5) is 0 Å². The van der Waals surface area contributed by atoms with Crippen molar-refractivity contribution in [2.75, 3.05) is 0 Å². The number of thiazole rings is 1. The smallest absolute Gasteiger partial charge is 0.355 e. The monoisotopic (exact) mass is 226 g/mol. The van der Waals surface area contributed by atoms with Crippen molar-refractivity contribution in [1.29, 1.82) is 0 Å². The average molecular weight is 226 g/mol. The van der Waals surface area contributed by atoms with Gasteiger partial charge < -0.3 is 10.4 Å². The van der Waals surface area contributed by atoms with Crippen molar-refractivity contribution in [3.05, 3.63) is 16.1 Å².